The summed E-state index contributed by atoms with van der Waals surface area (Å²) >= 11 is 1.64. The van der Waals surface area contributed by atoms with Crippen molar-refractivity contribution in [3.05, 3.63) is 22.4 Å². The van der Waals surface area contributed by atoms with E-state index < -0.39 is 5.92 Å². The van der Waals surface area contributed by atoms with Crippen LogP contribution in [0.1, 0.15) is 25.3 Å². The minimum Gasteiger partial charge on any atom is -0.409 e. The molecule has 100 valence electrons. The van der Waals surface area contributed by atoms with Crippen LogP contribution in [-0.4, -0.2) is 23.5 Å². The molecule has 0 aliphatic rings. The van der Waals surface area contributed by atoms with E-state index in [-0.39, 0.29) is 11.7 Å². The number of hydrogen-bond donors (Lipinski definition) is 3. The second-order valence-corrected chi connectivity index (χ2v) is 4.82. The van der Waals surface area contributed by atoms with Crippen molar-refractivity contribution in [3.63, 3.8) is 0 Å². The average molecular weight is 269 g/mol. The number of nitrogens with zero attached hydrogens (tertiary/aromatic N) is 1. The number of hydrogen-bond acceptors (Lipinski definition) is 4. The van der Waals surface area contributed by atoms with Crippen molar-refractivity contribution in [2.45, 2.75) is 26.2 Å². The molecule has 0 radical (unpaired) electrons. The van der Waals surface area contributed by atoms with Gasteiger partial charge in [0.15, 0.2) is 5.84 Å². The van der Waals surface area contributed by atoms with Gasteiger partial charge < -0.3 is 16.3 Å². The number of rotatable bonds is 7. The molecule has 1 rings (SSSR count). The zero-order valence-corrected chi connectivity index (χ0v) is 11.2. The Bertz CT molecular complexity index is 390. The van der Waals surface area contributed by atoms with Crippen LogP contribution in [0.2, 0.25) is 0 Å². The van der Waals surface area contributed by atoms with Crippen LogP contribution >= 0.6 is 11.3 Å². The fourth-order valence-corrected chi connectivity index (χ4v) is 2.36. The number of oxime groups is 1. The molecule has 0 aliphatic heterocycles. The van der Waals surface area contributed by atoms with Gasteiger partial charge >= 0.3 is 0 Å². The third-order valence-electron chi connectivity index (χ3n) is 2.66. The highest BCUT2D eigenvalue weighted by molar-refractivity contribution is 7.07. The Labute approximate surface area is 111 Å². The number of nitrogens with one attached hydrogen (secondary N) is 1. The van der Waals surface area contributed by atoms with Gasteiger partial charge in [0, 0.05) is 6.54 Å². The van der Waals surface area contributed by atoms with Crippen molar-refractivity contribution in [1.29, 1.82) is 0 Å². The van der Waals surface area contributed by atoms with Gasteiger partial charge in [-0.05, 0) is 35.2 Å². The Morgan fingerprint density at radius 2 is 2.44 bits per heavy atom. The third kappa shape index (κ3) is 4.37. The number of carbonyl (C=O) groups excluding carboxylic acids is 1. The fourth-order valence-electron chi connectivity index (χ4n) is 1.66. The van der Waals surface area contributed by atoms with Crippen LogP contribution in [0.5, 0.6) is 0 Å². The molecule has 1 aromatic rings. The van der Waals surface area contributed by atoms with E-state index in [4.69, 9.17) is 10.9 Å². The van der Waals surface area contributed by atoms with Crippen molar-refractivity contribution >= 4 is 23.1 Å². The minimum absolute atomic E-state index is 0.0233. The summed E-state index contributed by atoms with van der Waals surface area (Å²) in [4.78, 5) is 11.9. The first-order valence-corrected chi connectivity index (χ1v) is 6.89. The van der Waals surface area contributed by atoms with E-state index in [9.17, 15) is 4.79 Å². The summed E-state index contributed by atoms with van der Waals surface area (Å²) in [5.74, 6) is -0.741. The predicted octanol–water partition coefficient (Wildman–Crippen LogP) is 1.57. The number of amidine groups is 1. The van der Waals surface area contributed by atoms with Crippen molar-refractivity contribution in [1.82, 2.24) is 5.32 Å². The Hall–Kier alpha value is -1.56. The van der Waals surface area contributed by atoms with Gasteiger partial charge in [0.2, 0.25) is 5.91 Å². The first-order valence-electron chi connectivity index (χ1n) is 5.95. The summed E-state index contributed by atoms with van der Waals surface area (Å²) in [6, 6.07) is 2.03. The fraction of sp³-hybridized carbons (Fsp3) is 0.500. The van der Waals surface area contributed by atoms with E-state index in [0.717, 1.165) is 12.8 Å². The van der Waals surface area contributed by atoms with Crippen LogP contribution in [-0.2, 0) is 11.2 Å². The van der Waals surface area contributed by atoms with Gasteiger partial charge in [-0.25, -0.2) is 0 Å². The molecular weight excluding hydrogens is 250 g/mol. The largest absolute Gasteiger partial charge is 0.409 e. The van der Waals surface area contributed by atoms with Crippen molar-refractivity contribution in [2.24, 2.45) is 16.8 Å². The molecule has 0 saturated heterocycles. The standard InChI is InChI=1S/C12H19N3O2S/c1-2-3-10(11(13)15-17)12(16)14-6-4-9-5-7-18-8-9/h5,7-8,10,17H,2-4,6H2,1H3,(H2,13,15)(H,14,16). The van der Waals surface area contributed by atoms with E-state index in [1.165, 1.54) is 5.56 Å². The molecule has 4 N–H and O–H groups in total. The molecule has 1 heterocycles. The highest BCUT2D eigenvalue weighted by Gasteiger charge is 2.21. The van der Waals surface area contributed by atoms with Gasteiger partial charge in [0.1, 0.15) is 0 Å². The molecule has 0 aliphatic carbocycles. The van der Waals surface area contributed by atoms with E-state index in [1.54, 1.807) is 11.3 Å². The minimum atomic E-state index is -0.539. The zero-order valence-electron chi connectivity index (χ0n) is 10.4. The lowest BCUT2D eigenvalue weighted by molar-refractivity contribution is -0.123. The van der Waals surface area contributed by atoms with Gasteiger partial charge in [-0.2, -0.15) is 11.3 Å². The Kier molecular flexibility index (Phi) is 6.21. The zero-order chi connectivity index (χ0) is 13.4. The quantitative estimate of drug-likeness (QED) is 0.304. The summed E-state index contributed by atoms with van der Waals surface area (Å²) in [7, 11) is 0. The van der Waals surface area contributed by atoms with Crippen LogP contribution in [0, 0.1) is 5.92 Å². The highest BCUT2D eigenvalue weighted by atomic mass is 32.1. The number of nitrogens with two attached hydrogens (primary N) is 1. The molecule has 18 heavy (non-hydrogen) atoms. The summed E-state index contributed by atoms with van der Waals surface area (Å²) in [6.07, 6.45) is 2.18. The topological polar surface area (TPSA) is 87.7 Å². The predicted molar refractivity (Wildman–Crippen MR) is 72.8 cm³/mol. The smallest absolute Gasteiger partial charge is 0.230 e. The van der Waals surface area contributed by atoms with E-state index in [0.29, 0.717) is 13.0 Å². The average Bonchev–Trinajstić information content (AvgIpc) is 2.88. The lowest BCUT2D eigenvalue weighted by Crippen LogP contribution is -2.39. The molecule has 6 heteroatoms. The van der Waals surface area contributed by atoms with Crippen LogP contribution in [0.3, 0.4) is 0 Å². The monoisotopic (exact) mass is 269 g/mol. The lowest BCUT2D eigenvalue weighted by atomic mass is 10.0. The van der Waals surface area contributed by atoms with Crippen molar-refractivity contribution < 1.29 is 10.0 Å². The molecule has 1 amide bonds. The third-order valence-corrected chi connectivity index (χ3v) is 3.39. The first-order chi connectivity index (χ1) is 8.69. The SMILES string of the molecule is CCCC(C(=O)NCCc1ccsc1)C(N)=NO. The van der Waals surface area contributed by atoms with Crippen LogP contribution in [0.4, 0.5) is 0 Å². The molecule has 0 fully saturated rings. The second kappa shape index (κ2) is 7.71. The van der Waals surface area contributed by atoms with Gasteiger partial charge in [-0.15, -0.1) is 0 Å². The normalized spacial score (nSPS) is 13.3. The molecule has 1 atom stereocenters. The summed E-state index contributed by atoms with van der Waals surface area (Å²) < 4.78 is 0. The molecular formula is C12H19N3O2S. The van der Waals surface area contributed by atoms with Gasteiger partial charge in [0.05, 0.1) is 5.92 Å². The lowest BCUT2D eigenvalue weighted by Gasteiger charge is -2.14. The Morgan fingerprint density at radius 3 is 3.00 bits per heavy atom. The van der Waals surface area contributed by atoms with Gasteiger partial charge in [-0.3, -0.25) is 4.79 Å². The summed E-state index contributed by atoms with van der Waals surface area (Å²) in [5.41, 5.74) is 6.72. The summed E-state index contributed by atoms with van der Waals surface area (Å²) in [5, 5.41) is 18.4. The maximum Gasteiger partial charge on any atom is 0.230 e. The molecule has 0 aromatic carbocycles. The van der Waals surface area contributed by atoms with Crippen molar-refractivity contribution in [3.8, 4) is 0 Å². The van der Waals surface area contributed by atoms with Gasteiger partial charge in [-0.1, -0.05) is 18.5 Å². The Balaban J connectivity index is 2.41. The number of carbonyl (C=O) groups is 1. The van der Waals surface area contributed by atoms with Crippen LogP contribution in [0.15, 0.2) is 22.0 Å². The number of amides is 1. The molecule has 0 spiro atoms. The van der Waals surface area contributed by atoms with Gasteiger partial charge in [0.25, 0.3) is 0 Å². The highest BCUT2D eigenvalue weighted by Crippen LogP contribution is 2.08. The number of thiophene rings is 1. The molecule has 0 bridgehead atoms. The Morgan fingerprint density at radius 1 is 1.67 bits per heavy atom. The van der Waals surface area contributed by atoms with Crippen LogP contribution < -0.4 is 11.1 Å². The second-order valence-electron chi connectivity index (χ2n) is 4.04. The molecule has 0 saturated carbocycles. The maximum absolute atomic E-state index is 11.9. The van der Waals surface area contributed by atoms with Crippen LogP contribution in [0.25, 0.3) is 0 Å². The molecule has 1 unspecified atom stereocenters. The molecule has 5 nitrogen and oxygen atoms in total. The maximum atomic E-state index is 11.9. The van der Waals surface area contributed by atoms with Crippen molar-refractivity contribution in [2.75, 3.05) is 6.54 Å². The first kappa shape index (κ1) is 14.5. The van der Waals surface area contributed by atoms with E-state index in [1.807, 2.05) is 18.4 Å². The summed E-state index contributed by atoms with van der Waals surface area (Å²) in [6.45, 7) is 2.52. The molecule has 1 aromatic heterocycles. The van der Waals surface area contributed by atoms with E-state index >= 15 is 0 Å². The van der Waals surface area contributed by atoms with E-state index in [2.05, 4.69) is 15.9 Å².